The lowest BCUT2D eigenvalue weighted by Gasteiger charge is -2.38. The quantitative estimate of drug-likeness (QED) is 0.926. The number of carbonyl (C=O) groups is 1. The van der Waals surface area contributed by atoms with Gasteiger partial charge >= 0.3 is 0 Å². The van der Waals surface area contributed by atoms with Crippen molar-refractivity contribution < 1.29 is 9.18 Å². The van der Waals surface area contributed by atoms with E-state index in [1.165, 1.54) is 25.0 Å². The molecule has 1 saturated carbocycles. The summed E-state index contributed by atoms with van der Waals surface area (Å²) in [7, 11) is 0. The highest BCUT2D eigenvalue weighted by molar-refractivity contribution is 5.81. The van der Waals surface area contributed by atoms with Crippen molar-refractivity contribution in [3.8, 4) is 0 Å². The van der Waals surface area contributed by atoms with Gasteiger partial charge in [0.05, 0.1) is 6.04 Å². The number of carbonyl (C=O) groups excluding carboxylic acids is 1. The van der Waals surface area contributed by atoms with Crippen LogP contribution in [-0.2, 0) is 4.79 Å². The first-order valence-corrected chi connectivity index (χ1v) is 8.68. The summed E-state index contributed by atoms with van der Waals surface area (Å²) in [6.07, 6.45) is 4.71. The Morgan fingerprint density at radius 3 is 2.35 bits per heavy atom. The monoisotopic (exact) mass is 319 g/mol. The van der Waals surface area contributed by atoms with Gasteiger partial charge in [0.15, 0.2) is 0 Å². The van der Waals surface area contributed by atoms with E-state index in [0.29, 0.717) is 6.04 Å². The highest BCUT2D eigenvalue weighted by Crippen LogP contribution is 2.19. The smallest absolute Gasteiger partial charge is 0.237 e. The van der Waals surface area contributed by atoms with Crippen LogP contribution >= 0.6 is 0 Å². The molecule has 1 saturated heterocycles. The molecule has 1 aliphatic heterocycles. The first-order valence-electron chi connectivity index (χ1n) is 8.68. The highest BCUT2D eigenvalue weighted by atomic mass is 19.1. The summed E-state index contributed by atoms with van der Waals surface area (Å²) >= 11 is 0. The molecule has 0 bridgehead atoms. The van der Waals surface area contributed by atoms with Crippen LogP contribution in [0.2, 0.25) is 0 Å². The SMILES string of the molecule is CC(C(=O)NC1CCCC1)N1CCN(c2ccc(F)cc2)CC1. The molecule has 1 aromatic carbocycles. The van der Waals surface area contributed by atoms with Gasteiger partial charge in [-0.1, -0.05) is 12.8 Å². The van der Waals surface area contributed by atoms with Gasteiger partial charge in [0.25, 0.3) is 0 Å². The molecule has 2 aliphatic rings. The van der Waals surface area contributed by atoms with Crippen molar-refractivity contribution in [3.63, 3.8) is 0 Å². The maximum absolute atomic E-state index is 13.0. The summed E-state index contributed by atoms with van der Waals surface area (Å²) in [5.74, 6) is -0.0447. The molecule has 1 atom stereocenters. The van der Waals surface area contributed by atoms with E-state index in [-0.39, 0.29) is 17.8 Å². The van der Waals surface area contributed by atoms with E-state index in [1.54, 1.807) is 0 Å². The maximum Gasteiger partial charge on any atom is 0.237 e. The zero-order chi connectivity index (χ0) is 16.2. The molecule has 3 rings (SSSR count). The summed E-state index contributed by atoms with van der Waals surface area (Å²) in [6.45, 7) is 5.45. The Morgan fingerprint density at radius 1 is 1.13 bits per heavy atom. The first kappa shape index (κ1) is 16.2. The number of halogens is 1. The minimum Gasteiger partial charge on any atom is -0.369 e. The van der Waals surface area contributed by atoms with Gasteiger partial charge in [0.1, 0.15) is 5.82 Å². The molecule has 2 fully saturated rings. The van der Waals surface area contributed by atoms with Gasteiger partial charge in [-0.2, -0.15) is 0 Å². The van der Waals surface area contributed by atoms with Crippen LogP contribution in [0.5, 0.6) is 0 Å². The number of piperazine rings is 1. The van der Waals surface area contributed by atoms with Gasteiger partial charge in [-0.25, -0.2) is 4.39 Å². The van der Waals surface area contributed by atoms with Crippen LogP contribution in [0.4, 0.5) is 10.1 Å². The average Bonchev–Trinajstić information content (AvgIpc) is 3.08. The van der Waals surface area contributed by atoms with E-state index < -0.39 is 0 Å². The maximum atomic E-state index is 13.0. The number of rotatable bonds is 4. The summed E-state index contributed by atoms with van der Waals surface area (Å²) in [4.78, 5) is 16.9. The summed E-state index contributed by atoms with van der Waals surface area (Å²) in [6, 6.07) is 6.94. The van der Waals surface area contributed by atoms with E-state index in [9.17, 15) is 9.18 Å². The van der Waals surface area contributed by atoms with Crippen LogP contribution in [0, 0.1) is 5.82 Å². The zero-order valence-corrected chi connectivity index (χ0v) is 13.8. The van der Waals surface area contributed by atoms with Gasteiger partial charge in [-0.3, -0.25) is 9.69 Å². The average molecular weight is 319 g/mol. The predicted octanol–water partition coefficient (Wildman–Crippen LogP) is 2.39. The van der Waals surface area contributed by atoms with Crippen LogP contribution in [0.15, 0.2) is 24.3 Å². The Morgan fingerprint density at radius 2 is 1.74 bits per heavy atom. The molecular weight excluding hydrogens is 293 g/mol. The Labute approximate surface area is 137 Å². The Balaban J connectivity index is 1.49. The number of hydrogen-bond donors (Lipinski definition) is 1. The molecule has 1 unspecified atom stereocenters. The normalized spacial score (nSPS) is 21.4. The van der Waals surface area contributed by atoms with Crippen molar-refractivity contribution in [2.45, 2.75) is 44.7 Å². The fraction of sp³-hybridized carbons (Fsp3) is 0.611. The van der Waals surface area contributed by atoms with Gasteiger partial charge in [-0.05, 0) is 44.0 Å². The Kier molecular flexibility index (Phi) is 5.16. The fourth-order valence-electron chi connectivity index (χ4n) is 3.58. The fourth-order valence-corrected chi connectivity index (χ4v) is 3.58. The topological polar surface area (TPSA) is 35.6 Å². The molecule has 5 heteroatoms. The third kappa shape index (κ3) is 4.02. The van der Waals surface area contributed by atoms with Gasteiger partial charge in [0, 0.05) is 37.9 Å². The molecule has 1 aromatic rings. The minimum absolute atomic E-state index is 0.0778. The summed E-state index contributed by atoms with van der Waals surface area (Å²) in [5, 5.41) is 3.19. The highest BCUT2D eigenvalue weighted by Gasteiger charge is 2.27. The van der Waals surface area contributed by atoms with Crippen molar-refractivity contribution in [3.05, 3.63) is 30.1 Å². The van der Waals surface area contributed by atoms with Gasteiger partial charge < -0.3 is 10.2 Å². The van der Waals surface area contributed by atoms with Crippen molar-refractivity contribution in [1.82, 2.24) is 10.2 Å². The number of nitrogens with zero attached hydrogens (tertiary/aromatic N) is 2. The molecule has 126 valence electrons. The van der Waals surface area contributed by atoms with E-state index in [1.807, 2.05) is 19.1 Å². The molecular formula is C18H26FN3O. The standard InChI is InChI=1S/C18H26FN3O/c1-14(18(23)20-16-4-2-3-5-16)21-10-12-22(13-11-21)17-8-6-15(19)7-9-17/h6-9,14,16H,2-5,10-13H2,1H3,(H,20,23). The molecule has 4 nitrogen and oxygen atoms in total. The molecule has 0 spiro atoms. The third-order valence-electron chi connectivity index (χ3n) is 5.13. The van der Waals surface area contributed by atoms with E-state index in [0.717, 1.165) is 44.7 Å². The second-order valence-corrected chi connectivity index (χ2v) is 6.67. The van der Waals surface area contributed by atoms with Crippen LogP contribution in [0.1, 0.15) is 32.6 Å². The van der Waals surface area contributed by atoms with Crippen LogP contribution < -0.4 is 10.2 Å². The molecule has 0 radical (unpaired) electrons. The van der Waals surface area contributed by atoms with Crippen LogP contribution in [-0.4, -0.2) is 49.1 Å². The molecule has 23 heavy (non-hydrogen) atoms. The Bertz CT molecular complexity index is 520. The first-order chi connectivity index (χ1) is 11.1. The summed E-state index contributed by atoms with van der Waals surface area (Å²) in [5.41, 5.74) is 1.05. The molecule has 1 aliphatic carbocycles. The van der Waals surface area contributed by atoms with Crippen LogP contribution in [0.3, 0.4) is 0 Å². The largest absolute Gasteiger partial charge is 0.369 e. The van der Waals surface area contributed by atoms with E-state index in [2.05, 4.69) is 15.1 Å². The number of nitrogens with one attached hydrogen (secondary N) is 1. The second-order valence-electron chi connectivity index (χ2n) is 6.67. The van der Waals surface area contributed by atoms with E-state index >= 15 is 0 Å². The summed E-state index contributed by atoms with van der Waals surface area (Å²) < 4.78 is 13.0. The van der Waals surface area contributed by atoms with Gasteiger partial charge in [0.2, 0.25) is 5.91 Å². The third-order valence-corrected chi connectivity index (χ3v) is 5.13. The predicted molar refractivity (Wildman–Crippen MR) is 90.0 cm³/mol. The number of amides is 1. The number of anilines is 1. The number of hydrogen-bond acceptors (Lipinski definition) is 3. The molecule has 1 heterocycles. The van der Waals surface area contributed by atoms with Crippen LogP contribution in [0.25, 0.3) is 0 Å². The van der Waals surface area contributed by atoms with Gasteiger partial charge in [-0.15, -0.1) is 0 Å². The molecule has 1 N–H and O–H groups in total. The van der Waals surface area contributed by atoms with Crippen molar-refractivity contribution in [2.24, 2.45) is 0 Å². The second kappa shape index (κ2) is 7.30. The van der Waals surface area contributed by atoms with E-state index in [4.69, 9.17) is 0 Å². The van der Waals surface area contributed by atoms with Crippen molar-refractivity contribution in [2.75, 3.05) is 31.1 Å². The molecule has 0 aromatic heterocycles. The lowest BCUT2D eigenvalue weighted by Crippen LogP contribution is -2.54. The van der Waals surface area contributed by atoms with Crippen molar-refractivity contribution in [1.29, 1.82) is 0 Å². The minimum atomic E-state index is -0.204. The number of benzene rings is 1. The van der Waals surface area contributed by atoms with Crippen molar-refractivity contribution >= 4 is 11.6 Å². The zero-order valence-electron chi connectivity index (χ0n) is 13.8. The lowest BCUT2D eigenvalue weighted by atomic mass is 10.1. The lowest BCUT2D eigenvalue weighted by molar-refractivity contribution is -0.126. The Hall–Kier alpha value is -1.62. The molecule has 1 amide bonds.